The molecule has 0 spiro atoms. The number of rotatable bonds is 5. The molecule has 0 aliphatic rings. The highest BCUT2D eigenvalue weighted by Gasteiger charge is 2.10. The Morgan fingerprint density at radius 1 is 1.59 bits per heavy atom. The van der Waals surface area contributed by atoms with E-state index in [-0.39, 0.29) is 17.6 Å². The van der Waals surface area contributed by atoms with Crippen molar-refractivity contribution >= 4 is 21.8 Å². The molecule has 94 valence electrons. The molecule has 0 aliphatic heterocycles. The molecule has 3 N–H and O–H groups in total. The summed E-state index contributed by atoms with van der Waals surface area (Å²) in [6.07, 6.45) is 0. The van der Waals surface area contributed by atoms with Gasteiger partial charge in [0.2, 0.25) is 0 Å². The van der Waals surface area contributed by atoms with Crippen LogP contribution in [0.2, 0.25) is 0 Å². The number of hydrogen-bond acceptors (Lipinski definition) is 2. The van der Waals surface area contributed by atoms with E-state index in [1.165, 1.54) is 6.07 Å². The number of nitrogens with one attached hydrogen (secondary N) is 1. The average molecular weight is 302 g/mol. The molecular formula is C12H17BrFN3. The Balaban J connectivity index is 2.58. The van der Waals surface area contributed by atoms with E-state index in [9.17, 15) is 4.39 Å². The van der Waals surface area contributed by atoms with Gasteiger partial charge in [0.1, 0.15) is 5.82 Å². The van der Waals surface area contributed by atoms with Crippen LogP contribution in [-0.4, -0.2) is 24.3 Å². The van der Waals surface area contributed by atoms with Crippen LogP contribution in [0.25, 0.3) is 0 Å². The molecule has 0 amide bonds. The summed E-state index contributed by atoms with van der Waals surface area (Å²) in [6, 6.07) is 4.97. The van der Waals surface area contributed by atoms with Crippen LogP contribution >= 0.6 is 15.9 Å². The third-order valence-corrected chi connectivity index (χ3v) is 3.16. The van der Waals surface area contributed by atoms with Crippen LogP contribution in [0, 0.1) is 17.1 Å². The third kappa shape index (κ3) is 4.44. The molecule has 0 fully saturated rings. The quantitative estimate of drug-likeness (QED) is 0.649. The number of nitrogens with zero attached hydrogens (tertiary/aromatic N) is 1. The molecule has 1 atom stereocenters. The lowest BCUT2D eigenvalue weighted by atomic mass is 10.1. The van der Waals surface area contributed by atoms with E-state index in [0.717, 1.165) is 5.56 Å². The lowest BCUT2D eigenvalue weighted by molar-refractivity contribution is 0.306. The molecule has 1 rings (SSSR count). The summed E-state index contributed by atoms with van der Waals surface area (Å²) in [6.45, 7) is 3.33. The fraction of sp³-hybridized carbons (Fsp3) is 0.417. The molecule has 0 bridgehead atoms. The van der Waals surface area contributed by atoms with Gasteiger partial charge in [-0.25, -0.2) is 4.39 Å². The Kier molecular flexibility index (Phi) is 5.08. The molecule has 1 aromatic rings. The molecular weight excluding hydrogens is 285 g/mol. The van der Waals surface area contributed by atoms with Gasteiger partial charge in [-0.05, 0) is 40.7 Å². The highest BCUT2D eigenvalue weighted by Crippen LogP contribution is 2.17. The van der Waals surface area contributed by atoms with E-state index in [2.05, 4.69) is 20.8 Å². The van der Waals surface area contributed by atoms with E-state index in [4.69, 9.17) is 11.1 Å². The fourth-order valence-corrected chi connectivity index (χ4v) is 2.01. The van der Waals surface area contributed by atoms with Crippen molar-refractivity contribution in [3.05, 3.63) is 34.1 Å². The summed E-state index contributed by atoms with van der Waals surface area (Å²) in [5.74, 6) is -0.0328. The van der Waals surface area contributed by atoms with Gasteiger partial charge in [-0.15, -0.1) is 0 Å². The van der Waals surface area contributed by atoms with Crippen LogP contribution in [0.4, 0.5) is 4.39 Å². The van der Waals surface area contributed by atoms with Gasteiger partial charge >= 0.3 is 0 Å². The third-order valence-electron chi connectivity index (χ3n) is 2.55. The maximum atomic E-state index is 13.0. The lowest BCUT2D eigenvalue weighted by Gasteiger charge is -2.20. The van der Waals surface area contributed by atoms with Gasteiger partial charge in [0.15, 0.2) is 0 Å². The van der Waals surface area contributed by atoms with E-state index in [1.807, 2.05) is 14.0 Å². The van der Waals surface area contributed by atoms with Crippen LogP contribution in [0.3, 0.4) is 0 Å². The van der Waals surface area contributed by atoms with E-state index in [0.29, 0.717) is 17.6 Å². The van der Waals surface area contributed by atoms with Crippen molar-refractivity contribution in [2.24, 2.45) is 11.7 Å². The van der Waals surface area contributed by atoms with Crippen molar-refractivity contribution in [3.63, 3.8) is 0 Å². The van der Waals surface area contributed by atoms with Gasteiger partial charge in [0, 0.05) is 19.0 Å². The van der Waals surface area contributed by atoms with Gasteiger partial charge in [0.25, 0.3) is 0 Å². The molecule has 5 heteroatoms. The highest BCUT2D eigenvalue weighted by atomic mass is 79.9. The second-order valence-corrected chi connectivity index (χ2v) is 5.16. The summed E-state index contributed by atoms with van der Waals surface area (Å²) in [7, 11) is 1.96. The molecule has 17 heavy (non-hydrogen) atoms. The van der Waals surface area contributed by atoms with Crippen LogP contribution in [0.5, 0.6) is 0 Å². The molecule has 3 nitrogen and oxygen atoms in total. The summed E-state index contributed by atoms with van der Waals surface area (Å²) >= 11 is 3.16. The molecule has 0 heterocycles. The first-order valence-electron chi connectivity index (χ1n) is 5.36. The van der Waals surface area contributed by atoms with Gasteiger partial charge in [-0.3, -0.25) is 5.41 Å². The lowest BCUT2D eigenvalue weighted by Crippen LogP contribution is -2.31. The van der Waals surface area contributed by atoms with Gasteiger partial charge in [0.05, 0.1) is 10.3 Å². The number of benzene rings is 1. The standard InChI is InChI=1S/C12H17BrFN3/c1-8(12(15)16)6-17(2)7-9-3-4-11(14)10(13)5-9/h3-5,8H,6-7H2,1-2H3,(H3,15,16). The monoisotopic (exact) mass is 301 g/mol. The minimum atomic E-state index is -0.256. The zero-order valence-electron chi connectivity index (χ0n) is 10.0. The Morgan fingerprint density at radius 3 is 2.76 bits per heavy atom. The van der Waals surface area contributed by atoms with Crippen molar-refractivity contribution in [3.8, 4) is 0 Å². The van der Waals surface area contributed by atoms with E-state index >= 15 is 0 Å². The zero-order valence-corrected chi connectivity index (χ0v) is 11.6. The summed E-state index contributed by atoms with van der Waals surface area (Å²) in [4.78, 5) is 2.06. The van der Waals surface area contributed by atoms with Crippen molar-refractivity contribution in [1.29, 1.82) is 5.41 Å². The van der Waals surface area contributed by atoms with Crippen molar-refractivity contribution in [2.75, 3.05) is 13.6 Å². The van der Waals surface area contributed by atoms with Crippen LogP contribution in [0.1, 0.15) is 12.5 Å². The largest absolute Gasteiger partial charge is 0.387 e. The summed E-state index contributed by atoms with van der Waals surface area (Å²) in [5.41, 5.74) is 6.45. The number of amidine groups is 1. The average Bonchev–Trinajstić information content (AvgIpc) is 2.23. The summed E-state index contributed by atoms with van der Waals surface area (Å²) < 4.78 is 13.5. The Hall–Kier alpha value is -0.940. The minimum Gasteiger partial charge on any atom is -0.387 e. The molecule has 1 aromatic carbocycles. The van der Waals surface area contributed by atoms with Crippen LogP contribution in [-0.2, 0) is 6.54 Å². The smallest absolute Gasteiger partial charge is 0.137 e. The van der Waals surface area contributed by atoms with E-state index in [1.54, 1.807) is 12.1 Å². The number of nitrogens with two attached hydrogens (primary N) is 1. The Morgan fingerprint density at radius 2 is 2.24 bits per heavy atom. The second-order valence-electron chi connectivity index (χ2n) is 4.30. The molecule has 1 unspecified atom stereocenters. The number of halogens is 2. The highest BCUT2D eigenvalue weighted by molar-refractivity contribution is 9.10. The molecule has 0 saturated heterocycles. The zero-order chi connectivity index (χ0) is 13.0. The normalized spacial score (nSPS) is 12.8. The van der Waals surface area contributed by atoms with Crippen molar-refractivity contribution in [2.45, 2.75) is 13.5 Å². The second kappa shape index (κ2) is 6.12. The molecule has 0 aliphatic carbocycles. The maximum absolute atomic E-state index is 13.0. The Bertz CT molecular complexity index is 409. The fourth-order valence-electron chi connectivity index (χ4n) is 1.58. The maximum Gasteiger partial charge on any atom is 0.137 e. The van der Waals surface area contributed by atoms with Gasteiger partial charge < -0.3 is 10.6 Å². The van der Waals surface area contributed by atoms with Crippen molar-refractivity contribution < 1.29 is 4.39 Å². The predicted octanol–water partition coefficient (Wildman–Crippen LogP) is 2.59. The predicted molar refractivity (Wildman–Crippen MR) is 71.5 cm³/mol. The first kappa shape index (κ1) is 14.1. The minimum absolute atomic E-state index is 0.0314. The van der Waals surface area contributed by atoms with E-state index < -0.39 is 0 Å². The molecule has 0 aromatic heterocycles. The van der Waals surface area contributed by atoms with Crippen molar-refractivity contribution in [1.82, 2.24) is 4.90 Å². The molecule has 0 saturated carbocycles. The SMILES string of the molecule is CC(CN(C)Cc1ccc(F)c(Br)c1)C(=N)N. The first-order valence-corrected chi connectivity index (χ1v) is 6.16. The Labute approximate surface area is 109 Å². The van der Waals surface area contributed by atoms with Crippen LogP contribution < -0.4 is 5.73 Å². The summed E-state index contributed by atoms with van der Waals surface area (Å²) in [5, 5.41) is 7.33. The first-order chi connectivity index (χ1) is 7.90. The van der Waals surface area contributed by atoms with Crippen LogP contribution in [0.15, 0.2) is 22.7 Å². The van der Waals surface area contributed by atoms with Gasteiger partial charge in [-0.1, -0.05) is 13.0 Å². The number of hydrogen-bond donors (Lipinski definition) is 2. The topological polar surface area (TPSA) is 53.1 Å². The molecule has 0 radical (unpaired) electrons. The van der Waals surface area contributed by atoms with Gasteiger partial charge in [-0.2, -0.15) is 0 Å².